The van der Waals surface area contributed by atoms with Crippen LogP contribution in [0.25, 0.3) is 0 Å². The van der Waals surface area contributed by atoms with E-state index in [2.05, 4.69) is 10.6 Å². The van der Waals surface area contributed by atoms with Gasteiger partial charge in [0.2, 0.25) is 5.91 Å². The molecule has 28 heavy (non-hydrogen) atoms. The Morgan fingerprint density at radius 1 is 1.32 bits per heavy atom. The van der Waals surface area contributed by atoms with Crippen LogP contribution in [0.4, 0.5) is 5.69 Å². The van der Waals surface area contributed by atoms with Crippen molar-refractivity contribution in [3.8, 4) is 0 Å². The number of amides is 2. The molecule has 1 aromatic rings. The fraction of sp³-hybridized carbons (Fsp3) is 0.619. The lowest BCUT2D eigenvalue weighted by atomic mass is 9.54. The van der Waals surface area contributed by atoms with Crippen molar-refractivity contribution in [3.05, 3.63) is 29.3 Å². The van der Waals surface area contributed by atoms with Crippen LogP contribution < -0.4 is 16.4 Å². The van der Waals surface area contributed by atoms with E-state index in [1.165, 1.54) is 0 Å². The molecule has 1 fully saturated rings. The first-order valence-electron chi connectivity index (χ1n) is 9.63. The highest BCUT2D eigenvalue weighted by Crippen LogP contribution is 2.50. The van der Waals surface area contributed by atoms with Crippen molar-refractivity contribution in [2.75, 3.05) is 18.5 Å². The molecule has 0 heterocycles. The van der Waals surface area contributed by atoms with Crippen LogP contribution in [0, 0.1) is 18.3 Å². The fourth-order valence-corrected chi connectivity index (χ4v) is 3.40. The zero-order chi connectivity index (χ0) is 20.4. The maximum atomic E-state index is 12.9. The summed E-state index contributed by atoms with van der Waals surface area (Å²) in [6, 6.07) is 5.26. The van der Waals surface area contributed by atoms with Crippen LogP contribution in [-0.4, -0.2) is 36.6 Å². The van der Waals surface area contributed by atoms with Crippen LogP contribution >= 0.6 is 12.4 Å². The van der Waals surface area contributed by atoms with E-state index in [0.29, 0.717) is 36.7 Å². The third-order valence-corrected chi connectivity index (χ3v) is 5.64. The van der Waals surface area contributed by atoms with Crippen molar-refractivity contribution < 1.29 is 14.3 Å². The zero-order valence-electron chi connectivity index (χ0n) is 17.7. The first-order chi connectivity index (χ1) is 12.5. The number of aryl methyl sites for hydroxylation is 1. The second kappa shape index (κ2) is 9.25. The lowest BCUT2D eigenvalue weighted by molar-refractivity contribution is -0.166. The molecule has 2 amide bonds. The first kappa shape index (κ1) is 24.4. The summed E-state index contributed by atoms with van der Waals surface area (Å²) in [5.74, 6) is 0.0592. The van der Waals surface area contributed by atoms with Gasteiger partial charge in [0.25, 0.3) is 5.91 Å². The van der Waals surface area contributed by atoms with Crippen LogP contribution in [0.2, 0.25) is 0 Å². The van der Waals surface area contributed by atoms with Gasteiger partial charge >= 0.3 is 0 Å². The van der Waals surface area contributed by atoms with Gasteiger partial charge in [0.05, 0.1) is 6.10 Å². The van der Waals surface area contributed by atoms with Gasteiger partial charge in [0.15, 0.2) is 0 Å². The highest BCUT2D eigenvalue weighted by molar-refractivity contribution is 6.01. The largest absolute Gasteiger partial charge is 0.378 e. The first-order valence-corrected chi connectivity index (χ1v) is 9.63. The van der Waals surface area contributed by atoms with Crippen LogP contribution in [0.1, 0.15) is 57.0 Å². The molecule has 0 saturated heterocycles. The molecule has 0 bridgehead atoms. The molecule has 0 radical (unpaired) electrons. The third-order valence-electron chi connectivity index (χ3n) is 5.64. The Labute approximate surface area is 174 Å². The second-order valence-electron chi connectivity index (χ2n) is 8.43. The van der Waals surface area contributed by atoms with Gasteiger partial charge in [0.1, 0.15) is 5.54 Å². The monoisotopic (exact) mass is 411 g/mol. The molecule has 7 heteroatoms. The van der Waals surface area contributed by atoms with Crippen molar-refractivity contribution in [1.82, 2.24) is 5.32 Å². The van der Waals surface area contributed by atoms with Gasteiger partial charge < -0.3 is 21.1 Å². The van der Waals surface area contributed by atoms with Crippen LogP contribution in [0.3, 0.4) is 0 Å². The molecule has 2 atom stereocenters. The molecule has 1 aliphatic rings. The van der Waals surface area contributed by atoms with E-state index in [-0.39, 0.29) is 30.3 Å². The smallest absolute Gasteiger partial charge is 0.251 e. The molecule has 0 aliphatic heterocycles. The molecule has 4 N–H and O–H groups in total. The molecular weight excluding hydrogens is 378 g/mol. The molecule has 6 nitrogen and oxygen atoms in total. The van der Waals surface area contributed by atoms with E-state index in [0.717, 1.165) is 5.56 Å². The number of hydrogen-bond donors (Lipinski definition) is 3. The highest BCUT2D eigenvalue weighted by Gasteiger charge is 2.62. The molecule has 0 spiro atoms. The fourth-order valence-electron chi connectivity index (χ4n) is 3.40. The molecule has 1 saturated carbocycles. The maximum Gasteiger partial charge on any atom is 0.251 e. The lowest BCUT2D eigenvalue weighted by Gasteiger charge is -2.57. The van der Waals surface area contributed by atoms with Gasteiger partial charge in [-0.1, -0.05) is 27.7 Å². The SMILES string of the molecule is CCOC1CC(N)(C(=O)Nc2ccc(C(=O)NCC(C)C)cc2C)C1(C)C.Cl. The van der Waals surface area contributed by atoms with Crippen molar-refractivity contribution in [3.63, 3.8) is 0 Å². The summed E-state index contributed by atoms with van der Waals surface area (Å²) < 4.78 is 5.69. The summed E-state index contributed by atoms with van der Waals surface area (Å²) in [4.78, 5) is 25.1. The number of hydrogen-bond acceptors (Lipinski definition) is 4. The predicted molar refractivity (Wildman–Crippen MR) is 115 cm³/mol. The van der Waals surface area contributed by atoms with E-state index in [1.807, 2.05) is 41.5 Å². The number of nitrogens with one attached hydrogen (secondary N) is 2. The van der Waals surface area contributed by atoms with E-state index >= 15 is 0 Å². The van der Waals surface area contributed by atoms with Crippen LogP contribution in [-0.2, 0) is 9.53 Å². The second-order valence-corrected chi connectivity index (χ2v) is 8.43. The Bertz CT molecular complexity index is 721. The average molecular weight is 412 g/mol. The predicted octanol–water partition coefficient (Wildman–Crippen LogP) is 3.27. The summed E-state index contributed by atoms with van der Waals surface area (Å²) in [7, 11) is 0. The minimum atomic E-state index is -0.980. The summed E-state index contributed by atoms with van der Waals surface area (Å²) in [6.07, 6.45) is 0.473. The molecule has 1 aliphatic carbocycles. The van der Waals surface area contributed by atoms with Gasteiger partial charge in [-0.3, -0.25) is 9.59 Å². The van der Waals surface area contributed by atoms with E-state index in [1.54, 1.807) is 18.2 Å². The van der Waals surface area contributed by atoms with Gasteiger partial charge in [-0.25, -0.2) is 0 Å². The van der Waals surface area contributed by atoms with Gasteiger partial charge in [-0.05, 0) is 43.5 Å². The van der Waals surface area contributed by atoms with Gasteiger partial charge in [-0.2, -0.15) is 0 Å². The number of benzene rings is 1. The third kappa shape index (κ3) is 4.67. The van der Waals surface area contributed by atoms with Crippen molar-refractivity contribution in [2.24, 2.45) is 17.1 Å². The number of rotatable bonds is 7. The standard InChI is InChI=1S/C21H33N3O3.ClH/c1-7-27-17-11-21(22,20(17,5)6)19(26)24-16-9-8-15(10-14(16)4)18(25)23-12-13(2)3;/h8-10,13,17H,7,11-12,22H2,1-6H3,(H,23,25)(H,24,26);1H. The molecular formula is C21H34ClN3O3. The zero-order valence-corrected chi connectivity index (χ0v) is 18.5. The Morgan fingerprint density at radius 3 is 2.46 bits per heavy atom. The Balaban J connectivity index is 0.00000392. The Kier molecular flexibility index (Phi) is 8.06. The highest BCUT2D eigenvalue weighted by atomic mass is 35.5. The number of halogens is 1. The lowest BCUT2D eigenvalue weighted by Crippen LogP contribution is -2.74. The molecule has 0 aromatic heterocycles. The van der Waals surface area contributed by atoms with Crippen LogP contribution in [0.5, 0.6) is 0 Å². The number of anilines is 1. The summed E-state index contributed by atoms with van der Waals surface area (Å²) in [5, 5.41) is 5.83. The van der Waals surface area contributed by atoms with E-state index in [4.69, 9.17) is 10.5 Å². The summed E-state index contributed by atoms with van der Waals surface area (Å²) >= 11 is 0. The normalized spacial score (nSPS) is 22.8. The Hall–Kier alpha value is -1.63. The number of carbonyl (C=O) groups excluding carboxylic acids is 2. The van der Waals surface area contributed by atoms with Gasteiger partial charge in [0, 0.05) is 36.2 Å². The number of ether oxygens (including phenoxy) is 1. The van der Waals surface area contributed by atoms with E-state index < -0.39 is 11.0 Å². The van der Waals surface area contributed by atoms with Gasteiger partial charge in [-0.15, -0.1) is 12.4 Å². The molecule has 2 unspecified atom stereocenters. The minimum Gasteiger partial charge on any atom is -0.378 e. The molecule has 158 valence electrons. The number of carbonyl (C=O) groups is 2. The van der Waals surface area contributed by atoms with E-state index in [9.17, 15) is 9.59 Å². The maximum absolute atomic E-state index is 12.9. The molecule has 1 aromatic carbocycles. The minimum absolute atomic E-state index is 0. The molecule has 2 rings (SSSR count). The Morgan fingerprint density at radius 2 is 1.96 bits per heavy atom. The average Bonchev–Trinajstić information content (AvgIpc) is 2.60. The van der Waals surface area contributed by atoms with Crippen LogP contribution in [0.15, 0.2) is 18.2 Å². The summed E-state index contributed by atoms with van der Waals surface area (Å²) in [5.41, 5.74) is 7.07. The quantitative estimate of drug-likeness (QED) is 0.641. The van der Waals surface area contributed by atoms with Crippen molar-refractivity contribution in [2.45, 2.75) is 59.6 Å². The van der Waals surface area contributed by atoms with Crippen molar-refractivity contribution in [1.29, 1.82) is 0 Å². The topological polar surface area (TPSA) is 93.4 Å². The summed E-state index contributed by atoms with van der Waals surface area (Å²) in [6.45, 7) is 13.1. The number of nitrogens with two attached hydrogens (primary N) is 1. The van der Waals surface area contributed by atoms with Crippen molar-refractivity contribution >= 4 is 29.9 Å².